The molecule has 0 fully saturated rings. The van der Waals surface area contributed by atoms with Crippen molar-refractivity contribution in [1.29, 1.82) is 0 Å². The van der Waals surface area contributed by atoms with Gasteiger partial charge in [0, 0.05) is 12.9 Å². The first kappa shape index (κ1) is 8.14. The summed E-state index contributed by atoms with van der Waals surface area (Å²) in [5.41, 5.74) is 2.39. The standard InChI is InChI=1S/C6H13N3/c1-6(2)4-5-8-9-7-3/h5-6,9H,3-4H2,1-2H3/b8-5+. The summed E-state index contributed by atoms with van der Waals surface area (Å²) in [7, 11) is 0. The van der Waals surface area contributed by atoms with E-state index in [2.05, 4.69) is 36.3 Å². The van der Waals surface area contributed by atoms with Crippen LogP contribution in [0.15, 0.2) is 10.2 Å². The van der Waals surface area contributed by atoms with Gasteiger partial charge in [-0.3, -0.25) is 0 Å². The van der Waals surface area contributed by atoms with Gasteiger partial charge < -0.3 is 0 Å². The number of nitrogens with zero attached hydrogens (tertiary/aromatic N) is 2. The van der Waals surface area contributed by atoms with E-state index in [9.17, 15) is 0 Å². The maximum absolute atomic E-state index is 3.73. The molecule has 0 aliphatic heterocycles. The van der Waals surface area contributed by atoms with Crippen molar-refractivity contribution in [2.24, 2.45) is 16.1 Å². The first-order chi connectivity index (χ1) is 4.27. The Morgan fingerprint density at radius 1 is 1.67 bits per heavy atom. The van der Waals surface area contributed by atoms with E-state index in [1.807, 2.05) is 0 Å². The first-order valence-corrected chi connectivity index (χ1v) is 2.99. The van der Waals surface area contributed by atoms with Crippen LogP contribution in [0.2, 0.25) is 0 Å². The third-order valence-corrected chi connectivity index (χ3v) is 0.797. The van der Waals surface area contributed by atoms with Crippen molar-refractivity contribution in [2.75, 3.05) is 0 Å². The summed E-state index contributed by atoms with van der Waals surface area (Å²) in [5, 5.41) is 7.06. The lowest BCUT2D eigenvalue weighted by atomic mass is 10.2. The highest BCUT2D eigenvalue weighted by molar-refractivity contribution is 5.56. The average Bonchev–Trinajstić information content (AvgIpc) is 1.80. The van der Waals surface area contributed by atoms with Crippen LogP contribution >= 0.6 is 0 Å². The van der Waals surface area contributed by atoms with Gasteiger partial charge in [0.25, 0.3) is 0 Å². The van der Waals surface area contributed by atoms with Gasteiger partial charge in [0.15, 0.2) is 0 Å². The molecule has 0 saturated heterocycles. The predicted octanol–water partition coefficient (Wildman–Crippen LogP) is 1.22. The molecule has 0 aromatic rings. The second-order valence-electron chi connectivity index (χ2n) is 2.20. The fourth-order valence-corrected chi connectivity index (χ4v) is 0.345. The van der Waals surface area contributed by atoms with Gasteiger partial charge in [-0.1, -0.05) is 13.8 Å². The number of rotatable bonds is 4. The zero-order chi connectivity index (χ0) is 7.11. The highest BCUT2D eigenvalue weighted by atomic mass is 15.5. The van der Waals surface area contributed by atoms with Crippen molar-refractivity contribution >= 4 is 12.9 Å². The number of hydrogen-bond acceptors (Lipinski definition) is 3. The highest BCUT2D eigenvalue weighted by Crippen LogP contribution is 1.93. The molecular formula is C6H13N3. The molecule has 0 heterocycles. The zero-order valence-corrected chi connectivity index (χ0v) is 5.96. The normalized spacial score (nSPS) is 10.6. The van der Waals surface area contributed by atoms with E-state index >= 15 is 0 Å². The van der Waals surface area contributed by atoms with Crippen LogP contribution in [0.1, 0.15) is 20.3 Å². The average molecular weight is 127 g/mol. The van der Waals surface area contributed by atoms with Crippen molar-refractivity contribution < 1.29 is 0 Å². The molecule has 0 aliphatic carbocycles. The Balaban J connectivity index is 3.14. The van der Waals surface area contributed by atoms with E-state index in [4.69, 9.17) is 0 Å². The molecule has 0 saturated carbocycles. The molecule has 0 radical (unpaired) electrons. The Hall–Kier alpha value is -0.860. The lowest BCUT2D eigenvalue weighted by Crippen LogP contribution is -1.94. The monoisotopic (exact) mass is 127 g/mol. The van der Waals surface area contributed by atoms with E-state index in [1.165, 1.54) is 0 Å². The van der Waals surface area contributed by atoms with Gasteiger partial charge in [0.1, 0.15) is 0 Å². The van der Waals surface area contributed by atoms with Crippen molar-refractivity contribution in [1.82, 2.24) is 5.53 Å². The molecule has 9 heavy (non-hydrogen) atoms. The summed E-state index contributed by atoms with van der Waals surface area (Å²) >= 11 is 0. The zero-order valence-electron chi connectivity index (χ0n) is 5.96. The molecule has 0 rings (SSSR count). The Kier molecular flexibility index (Phi) is 4.78. The second-order valence-corrected chi connectivity index (χ2v) is 2.20. The number of hydrogen-bond donors (Lipinski definition) is 1. The van der Waals surface area contributed by atoms with E-state index in [0.717, 1.165) is 6.42 Å². The quantitative estimate of drug-likeness (QED) is 0.447. The lowest BCUT2D eigenvalue weighted by Gasteiger charge is -1.94. The minimum absolute atomic E-state index is 0.653. The Bertz CT molecular complexity index is 96.5. The van der Waals surface area contributed by atoms with Crippen LogP contribution in [0.5, 0.6) is 0 Å². The van der Waals surface area contributed by atoms with E-state index in [0.29, 0.717) is 5.92 Å². The summed E-state index contributed by atoms with van der Waals surface area (Å²) in [6, 6.07) is 0. The van der Waals surface area contributed by atoms with E-state index in [1.54, 1.807) is 6.21 Å². The number of hydrazone groups is 2. The van der Waals surface area contributed by atoms with Gasteiger partial charge in [-0.25, -0.2) is 0 Å². The molecule has 52 valence electrons. The largest absolute Gasteiger partial charge is 0.199 e. The van der Waals surface area contributed by atoms with Crippen LogP contribution in [0, 0.1) is 5.92 Å². The van der Waals surface area contributed by atoms with Gasteiger partial charge in [-0.15, -0.1) is 0 Å². The molecule has 0 aromatic carbocycles. The van der Waals surface area contributed by atoms with Crippen LogP contribution in [0.4, 0.5) is 0 Å². The molecule has 1 N–H and O–H groups in total. The third-order valence-electron chi connectivity index (χ3n) is 0.797. The molecule has 3 heteroatoms. The van der Waals surface area contributed by atoms with Gasteiger partial charge in [0.05, 0.1) is 0 Å². The van der Waals surface area contributed by atoms with Crippen molar-refractivity contribution in [3.05, 3.63) is 0 Å². The topological polar surface area (TPSA) is 36.8 Å². The smallest absolute Gasteiger partial charge is 0.0266 e. The summed E-state index contributed by atoms with van der Waals surface area (Å²) in [5.74, 6) is 0.653. The molecule has 0 amide bonds. The van der Waals surface area contributed by atoms with Gasteiger partial charge >= 0.3 is 0 Å². The van der Waals surface area contributed by atoms with E-state index in [-0.39, 0.29) is 0 Å². The Labute approximate surface area is 55.8 Å². The second kappa shape index (κ2) is 5.28. The van der Waals surface area contributed by atoms with Gasteiger partial charge in [0.2, 0.25) is 0 Å². The molecule has 0 spiro atoms. The number of nitrogens with one attached hydrogen (secondary N) is 1. The van der Waals surface area contributed by atoms with Gasteiger partial charge in [-0.05, 0) is 12.3 Å². The maximum Gasteiger partial charge on any atom is 0.0266 e. The first-order valence-electron chi connectivity index (χ1n) is 2.99. The highest BCUT2D eigenvalue weighted by Gasteiger charge is 1.86. The maximum atomic E-state index is 3.73. The molecule has 0 bridgehead atoms. The van der Waals surface area contributed by atoms with Crippen molar-refractivity contribution in [2.45, 2.75) is 20.3 Å². The minimum Gasteiger partial charge on any atom is -0.199 e. The third kappa shape index (κ3) is 7.14. The van der Waals surface area contributed by atoms with E-state index < -0.39 is 0 Å². The van der Waals surface area contributed by atoms with Crippen LogP contribution in [0.3, 0.4) is 0 Å². The molecule has 3 nitrogen and oxygen atoms in total. The Morgan fingerprint density at radius 2 is 2.33 bits per heavy atom. The SMILES string of the molecule is C=NN/N=C/CC(C)C. The predicted molar refractivity (Wildman–Crippen MR) is 40.6 cm³/mol. The van der Waals surface area contributed by atoms with Crippen molar-refractivity contribution in [3.8, 4) is 0 Å². The molecule has 0 atom stereocenters. The van der Waals surface area contributed by atoms with Gasteiger partial charge in [-0.2, -0.15) is 15.7 Å². The Morgan fingerprint density at radius 3 is 2.78 bits per heavy atom. The summed E-state index contributed by atoms with van der Waals surface area (Å²) in [6.45, 7) is 7.47. The molecule has 0 unspecified atom stereocenters. The summed E-state index contributed by atoms with van der Waals surface area (Å²) in [6.07, 6.45) is 2.77. The van der Waals surface area contributed by atoms with Crippen LogP contribution in [0.25, 0.3) is 0 Å². The fourth-order valence-electron chi connectivity index (χ4n) is 0.345. The fraction of sp³-hybridized carbons (Fsp3) is 0.667. The summed E-state index contributed by atoms with van der Waals surface area (Å²) < 4.78 is 0. The summed E-state index contributed by atoms with van der Waals surface area (Å²) in [4.78, 5) is 0. The molecular weight excluding hydrogens is 114 g/mol. The minimum atomic E-state index is 0.653. The van der Waals surface area contributed by atoms with Crippen LogP contribution in [-0.4, -0.2) is 12.9 Å². The lowest BCUT2D eigenvalue weighted by molar-refractivity contribution is 0.684. The van der Waals surface area contributed by atoms with Crippen molar-refractivity contribution in [3.63, 3.8) is 0 Å². The molecule has 0 aliphatic rings. The molecule has 0 aromatic heterocycles. The van der Waals surface area contributed by atoms with Crippen LogP contribution in [-0.2, 0) is 0 Å². The van der Waals surface area contributed by atoms with Crippen LogP contribution < -0.4 is 5.53 Å².